The molecule has 0 aliphatic heterocycles. The second kappa shape index (κ2) is 12.9. The van der Waals surface area contributed by atoms with E-state index in [1.165, 1.54) is 30.0 Å². The van der Waals surface area contributed by atoms with Crippen LogP contribution in [0.5, 0.6) is 0 Å². The van der Waals surface area contributed by atoms with Gasteiger partial charge in [0.1, 0.15) is 6.04 Å². The predicted molar refractivity (Wildman–Crippen MR) is 121 cm³/mol. The number of carbonyl (C=O) groups is 4. The Kier molecular flexibility index (Phi) is 10.6. The lowest BCUT2D eigenvalue weighted by Gasteiger charge is -2.20. The summed E-state index contributed by atoms with van der Waals surface area (Å²) < 4.78 is 5.06. The minimum Gasteiger partial charge on any atom is -0.454 e. The van der Waals surface area contributed by atoms with Crippen LogP contribution in [0.25, 0.3) is 0 Å². The van der Waals surface area contributed by atoms with Crippen LogP contribution in [-0.2, 0) is 19.1 Å². The monoisotopic (exact) mass is 488 g/mol. The molecule has 7 nitrogen and oxygen atoms in total. The van der Waals surface area contributed by atoms with Crippen LogP contribution < -0.4 is 10.6 Å². The quantitative estimate of drug-likeness (QED) is 0.514. The Morgan fingerprint density at radius 2 is 1.87 bits per heavy atom. The number of halogens is 2. The molecule has 1 aliphatic carbocycles. The molecule has 0 heterocycles. The topological polar surface area (TPSA) is 102 Å². The molecule has 1 aliphatic rings. The maximum Gasteiger partial charge on any atom is 0.329 e. The van der Waals surface area contributed by atoms with Gasteiger partial charge in [-0.05, 0) is 49.5 Å². The van der Waals surface area contributed by atoms with Crippen molar-refractivity contribution in [2.24, 2.45) is 5.92 Å². The van der Waals surface area contributed by atoms with Crippen molar-refractivity contribution in [2.45, 2.75) is 44.6 Å². The minimum atomic E-state index is -0.964. The van der Waals surface area contributed by atoms with Crippen molar-refractivity contribution in [3.63, 3.8) is 0 Å². The Morgan fingerprint density at radius 1 is 1.16 bits per heavy atom. The lowest BCUT2D eigenvalue weighted by Crippen LogP contribution is -2.44. The molecule has 0 spiro atoms. The number of imide groups is 1. The number of thioether (sulfide) groups is 1. The molecule has 0 bridgehead atoms. The summed E-state index contributed by atoms with van der Waals surface area (Å²) in [5.74, 6) is -1.91. The second-order valence-electron chi connectivity index (χ2n) is 7.29. The van der Waals surface area contributed by atoms with Crippen molar-refractivity contribution in [1.29, 1.82) is 0 Å². The SMILES string of the molecule is CSCC[C@@H](NC(=O)c1ccc(Cl)cc1Cl)C(=O)OCC(=O)NC(=O)C1CCCCC1. The van der Waals surface area contributed by atoms with Crippen molar-refractivity contribution in [3.8, 4) is 0 Å². The number of benzene rings is 1. The highest BCUT2D eigenvalue weighted by atomic mass is 35.5. The maximum absolute atomic E-state index is 12.5. The first kappa shape index (κ1) is 25.5. The number of nitrogens with one attached hydrogen (secondary N) is 2. The molecule has 10 heteroatoms. The molecule has 2 rings (SSSR count). The lowest BCUT2D eigenvalue weighted by atomic mass is 9.89. The number of hydrogen-bond acceptors (Lipinski definition) is 6. The Morgan fingerprint density at radius 3 is 2.52 bits per heavy atom. The van der Waals surface area contributed by atoms with E-state index in [4.69, 9.17) is 27.9 Å². The number of rotatable bonds is 9. The molecule has 0 unspecified atom stereocenters. The smallest absolute Gasteiger partial charge is 0.329 e. The zero-order valence-electron chi connectivity index (χ0n) is 17.2. The summed E-state index contributed by atoms with van der Waals surface area (Å²) in [5, 5.41) is 5.42. The highest BCUT2D eigenvalue weighted by Crippen LogP contribution is 2.23. The number of hydrogen-bond donors (Lipinski definition) is 2. The third kappa shape index (κ3) is 8.35. The van der Waals surface area contributed by atoms with Gasteiger partial charge in [0.15, 0.2) is 6.61 Å². The average molecular weight is 489 g/mol. The van der Waals surface area contributed by atoms with Crippen LogP contribution in [0.1, 0.15) is 48.9 Å². The molecule has 0 saturated heterocycles. The average Bonchev–Trinajstić information content (AvgIpc) is 2.75. The van der Waals surface area contributed by atoms with Crippen molar-refractivity contribution in [2.75, 3.05) is 18.6 Å². The number of esters is 1. The fraction of sp³-hybridized carbons (Fsp3) is 0.524. The molecule has 1 atom stereocenters. The van der Waals surface area contributed by atoms with Gasteiger partial charge in [-0.1, -0.05) is 42.5 Å². The van der Waals surface area contributed by atoms with Gasteiger partial charge in [0, 0.05) is 10.9 Å². The van der Waals surface area contributed by atoms with E-state index in [9.17, 15) is 19.2 Å². The lowest BCUT2D eigenvalue weighted by molar-refractivity contribution is -0.151. The largest absolute Gasteiger partial charge is 0.454 e. The summed E-state index contributed by atoms with van der Waals surface area (Å²) in [6, 6.07) is 3.45. The first-order valence-electron chi connectivity index (χ1n) is 10.1. The highest BCUT2D eigenvalue weighted by molar-refractivity contribution is 7.98. The molecule has 0 aromatic heterocycles. The van der Waals surface area contributed by atoms with Gasteiger partial charge in [0.25, 0.3) is 11.8 Å². The van der Waals surface area contributed by atoms with E-state index in [0.29, 0.717) is 17.2 Å². The fourth-order valence-corrected chi connectivity index (χ4v) is 4.24. The van der Waals surface area contributed by atoms with Crippen LogP contribution in [0.3, 0.4) is 0 Å². The Bertz CT molecular complexity index is 815. The van der Waals surface area contributed by atoms with Crippen molar-refractivity contribution < 1.29 is 23.9 Å². The summed E-state index contributed by atoms with van der Waals surface area (Å²) in [6.07, 6.45) is 6.72. The van der Waals surface area contributed by atoms with E-state index >= 15 is 0 Å². The fourth-order valence-electron chi connectivity index (χ4n) is 3.27. The molecule has 1 saturated carbocycles. The van der Waals surface area contributed by atoms with Crippen LogP contribution in [0.4, 0.5) is 0 Å². The second-order valence-corrected chi connectivity index (χ2v) is 9.12. The first-order chi connectivity index (χ1) is 14.8. The summed E-state index contributed by atoms with van der Waals surface area (Å²) in [4.78, 5) is 49.2. The standard InChI is InChI=1S/C21H26Cl2N2O5S/c1-31-10-9-17(24-20(28)15-8-7-14(22)11-16(15)23)21(29)30-12-18(26)25-19(27)13-5-3-2-4-6-13/h7-8,11,13,17H,2-6,9-10,12H2,1H3,(H,24,28)(H,25,26,27)/t17-/m1/s1. The third-order valence-corrected chi connectivity index (χ3v) is 6.15. The molecular weight excluding hydrogens is 463 g/mol. The van der Waals surface area contributed by atoms with Crippen molar-refractivity contribution >= 4 is 58.7 Å². The Labute approximate surface area is 195 Å². The maximum atomic E-state index is 12.5. The van der Waals surface area contributed by atoms with E-state index in [1.54, 1.807) is 0 Å². The van der Waals surface area contributed by atoms with Gasteiger partial charge in [-0.15, -0.1) is 0 Å². The van der Waals surface area contributed by atoms with Crippen LogP contribution >= 0.6 is 35.0 Å². The molecule has 31 heavy (non-hydrogen) atoms. The van der Waals surface area contributed by atoms with Crippen LogP contribution in [0.15, 0.2) is 18.2 Å². The molecule has 3 amide bonds. The Balaban J connectivity index is 1.90. The van der Waals surface area contributed by atoms with E-state index in [1.807, 2.05) is 6.26 Å². The minimum absolute atomic E-state index is 0.155. The molecule has 170 valence electrons. The zero-order chi connectivity index (χ0) is 22.8. The molecule has 0 radical (unpaired) electrons. The van der Waals surface area contributed by atoms with Gasteiger partial charge in [-0.2, -0.15) is 11.8 Å². The summed E-state index contributed by atoms with van der Waals surface area (Å²) in [5.41, 5.74) is 0.170. The molecule has 2 N–H and O–H groups in total. The number of carbonyl (C=O) groups excluding carboxylic acids is 4. The molecule has 1 fully saturated rings. The van der Waals surface area contributed by atoms with Crippen LogP contribution in [0, 0.1) is 5.92 Å². The molecular formula is C21H26Cl2N2O5S. The van der Waals surface area contributed by atoms with Crippen molar-refractivity contribution in [3.05, 3.63) is 33.8 Å². The van der Waals surface area contributed by atoms with Crippen LogP contribution in [-0.4, -0.2) is 48.3 Å². The van der Waals surface area contributed by atoms with Crippen LogP contribution in [0.2, 0.25) is 10.0 Å². The molecule has 1 aromatic carbocycles. The number of amides is 3. The summed E-state index contributed by atoms with van der Waals surface area (Å²) in [6.45, 7) is -0.593. The highest BCUT2D eigenvalue weighted by Gasteiger charge is 2.26. The third-order valence-electron chi connectivity index (χ3n) is 4.96. The summed E-state index contributed by atoms with van der Waals surface area (Å²) in [7, 11) is 0. The summed E-state index contributed by atoms with van der Waals surface area (Å²) >= 11 is 13.4. The van der Waals surface area contributed by atoms with E-state index < -0.39 is 30.4 Å². The van der Waals surface area contributed by atoms with Gasteiger partial charge in [0.05, 0.1) is 10.6 Å². The normalized spacial score (nSPS) is 15.1. The zero-order valence-corrected chi connectivity index (χ0v) is 19.6. The van der Waals surface area contributed by atoms with E-state index in [-0.39, 0.29) is 22.4 Å². The van der Waals surface area contributed by atoms with Gasteiger partial charge in [-0.3, -0.25) is 19.7 Å². The number of ether oxygens (including phenoxy) is 1. The van der Waals surface area contributed by atoms with Gasteiger partial charge in [0.2, 0.25) is 5.91 Å². The van der Waals surface area contributed by atoms with Crippen molar-refractivity contribution in [1.82, 2.24) is 10.6 Å². The van der Waals surface area contributed by atoms with Gasteiger partial charge >= 0.3 is 5.97 Å². The Hall–Kier alpha value is -1.77. The predicted octanol–water partition coefficient (Wildman–Crippen LogP) is 3.61. The van der Waals surface area contributed by atoms with Gasteiger partial charge < -0.3 is 10.1 Å². The van der Waals surface area contributed by atoms with E-state index in [0.717, 1.165) is 32.1 Å². The van der Waals surface area contributed by atoms with E-state index in [2.05, 4.69) is 10.6 Å². The first-order valence-corrected chi connectivity index (χ1v) is 12.2. The van der Waals surface area contributed by atoms with Gasteiger partial charge in [-0.25, -0.2) is 4.79 Å². The molecule has 1 aromatic rings.